The van der Waals surface area contributed by atoms with Gasteiger partial charge in [-0.25, -0.2) is 4.79 Å². The van der Waals surface area contributed by atoms with Crippen LogP contribution in [0, 0.1) is 11.3 Å². The van der Waals surface area contributed by atoms with Crippen LogP contribution in [0.1, 0.15) is 20.8 Å². The molecule has 0 saturated heterocycles. The number of rotatable bonds is 5. The van der Waals surface area contributed by atoms with Gasteiger partial charge in [0.25, 0.3) is 0 Å². The van der Waals surface area contributed by atoms with Gasteiger partial charge in [-0.1, -0.05) is 35.4 Å². The van der Waals surface area contributed by atoms with E-state index >= 15 is 0 Å². The molecule has 21 heavy (non-hydrogen) atoms. The Morgan fingerprint density at radius 3 is 1.81 bits per heavy atom. The van der Waals surface area contributed by atoms with Crippen LogP contribution in [0.15, 0.2) is 36.5 Å². The minimum absolute atomic E-state index is 0.0771. The van der Waals surface area contributed by atoms with Gasteiger partial charge >= 0.3 is 5.97 Å². The molecule has 0 N–H and O–H groups in total. The lowest BCUT2D eigenvalue weighted by Gasteiger charge is -2.31. The molecule has 0 aliphatic heterocycles. The van der Waals surface area contributed by atoms with Crippen molar-refractivity contribution in [2.75, 3.05) is 0 Å². The van der Waals surface area contributed by atoms with E-state index in [0.717, 1.165) is 0 Å². The van der Waals surface area contributed by atoms with Crippen molar-refractivity contribution in [2.24, 2.45) is 0 Å². The highest BCUT2D eigenvalue weighted by atomic mass is 35.5. The minimum atomic E-state index is -1.57. The fraction of sp³-hybridized carbons (Fsp3) is 0.429. The van der Waals surface area contributed by atoms with Gasteiger partial charge < -0.3 is 4.74 Å². The molecule has 0 aliphatic rings. The molecule has 0 fully saturated rings. The number of hydrogen-bond acceptors (Lipinski definition) is 5. The molecule has 0 heterocycles. The normalized spacial score (nSPS) is 16.7. The fourth-order valence-corrected chi connectivity index (χ4v) is 2.67. The number of nitrogens with zero attached hydrogens (tertiary/aromatic N) is 1. The summed E-state index contributed by atoms with van der Waals surface area (Å²) in [5, 5.41) is 9.32. The van der Waals surface area contributed by atoms with E-state index in [2.05, 4.69) is 38.4 Å². The number of alkyl halides is 2. The average Bonchev–Trinajstić information content (AvgIpc) is 2.32. The molecule has 0 aromatic rings. The Balaban J connectivity index is 6.30. The molecule has 0 radical (unpaired) electrons. The van der Waals surface area contributed by atoms with E-state index in [4.69, 9.17) is 27.9 Å². The van der Waals surface area contributed by atoms with Gasteiger partial charge in [-0.3, -0.25) is 0 Å². The molecule has 0 aromatic heterocycles. The summed E-state index contributed by atoms with van der Waals surface area (Å²) >= 11 is 20.7. The van der Waals surface area contributed by atoms with Gasteiger partial charge in [-0.2, -0.15) is 5.26 Å². The van der Waals surface area contributed by atoms with Crippen molar-refractivity contribution in [3.05, 3.63) is 36.5 Å². The fourth-order valence-electron chi connectivity index (χ4n) is 1.33. The zero-order chi connectivity index (χ0) is 17.1. The summed E-state index contributed by atoms with van der Waals surface area (Å²) in [4.78, 5) is 12.2. The predicted molar refractivity (Wildman–Crippen MR) is 94.0 cm³/mol. The minimum Gasteiger partial charge on any atom is -0.456 e. The molecular formula is C14H17Cl2NO2S2. The van der Waals surface area contributed by atoms with E-state index < -0.39 is 20.0 Å². The van der Waals surface area contributed by atoms with E-state index in [-0.39, 0.29) is 11.1 Å². The van der Waals surface area contributed by atoms with Crippen molar-refractivity contribution in [2.45, 2.75) is 34.8 Å². The summed E-state index contributed by atoms with van der Waals surface area (Å²) in [5.41, 5.74) is -1.25. The lowest BCUT2D eigenvalue weighted by molar-refractivity contribution is -0.149. The molecule has 0 amide bonds. The Kier molecular flexibility index (Phi) is 6.96. The van der Waals surface area contributed by atoms with Gasteiger partial charge in [-0.05, 0) is 20.8 Å². The van der Waals surface area contributed by atoms with E-state index in [1.165, 1.54) is 12.2 Å². The van der Waals surface area contributed by atoms with Crippen molar-refractivity contribution in [1.82, 2.24) is 0 Å². The third kappa shape index (κ3) is 5.63. The van der Waals surface area contributed by atoms with Crippen LogP contribution >= 0.6 is 48.5 Å². The van der Waals surface area contributed by atoms with Crippen LogP contribution in [0.3, 0.4) is 0 Å². The van der Waals surface area contributed by atoms with Crippen molar-refractivity contribution in [3.63, 3.8) is 0 Å². The smallest absolute Gasteiger partial charge is 0.349 e. The maximum absolute atomic E-state index is 12.2. The van der Waals surface area contributed by atoms with Crippen molar-refractivity contribution in [3.8, 4) is 6.07 Å². The Bertz CT molecular complexity index is 504. The van der Waals surface area contributed by atoms with E-state index in [9.17, 15) is 10.1 Å². The molecule has 116 valence electrons. The molecule has 2 unspecified atom stereocenters. The van der Waals surface area contributed by atoms with Crippen LogP contribution < -0.4 is 0 Å². The first-order valence-electron chi connectivity index (χ1n) is 5.81. The molecule has 0 saturated carbocycles. The number of carbonyl (C=O) groups is 1. The van der Waals surface area contributed by atoms with Gasteiger partial charge in [0, 0.05) is 5.57 Å². The lowest BCUT2D eigenvalue weighted by Crippen LogP contribution is -2.33. The standard InChI is InChI=1S/C14H17Cl2NO2S2/c1-6-13(15,20)10(14(16,21)7-2)9(8-17)11(18)19-12(3,4)5/h6-7,20-21H,1-2H2,3-5H3. The average molecular weight is 366 g/mol. The monoisotopic (exact) mass is 365 g/mol. The zero-order valence-corrected chi connectivity index (χ0v) is 15.3. The molecule has 0 aromatic carbocycles. The summed E-state index contributed by atoms with van der Waals surface area (Å²) in [7, 11) is 0. The van der Waals surface area contributed by atoms with Gasteiger partial charge in [-0.15, -0.1) is 38.4 Å². The Morgan fingerprint density at radius 2 is 1.57 bits per heavy atom. The lowest BCUT2D eigenvalue weighted by atomic mass is 10.00. The number of nitriles is 1. The molecular weight excluding hydrogens is 349 g/mol. The number of thiol groups is 2. The van der Waals surface area contributed by atoms with Gasteiger partial charge in [0.1, 0.15) is 25.7 Å². The molecule has 2 atom stereocenters. The predicted octanol–water partition coefficient (Wildman–Crippen LogP) is 4.25. The highest BCUT2D eigenvalue weighted by Gasteiger charge is 2.42. The number of carbonyl (C=O) groups excluding carboxylic acids is 1. The zero-order valence-electron chi connectivity index (χ0n) is 12.0. The Labute approximate surface area is 146 Å². The number of esters is 1. The maximum Gasteiger partial charge on any atom is 0.349 e. The second-order valence-corrected chi connectivity index (χ2v) is 8.25. The third-order valence-corrected chi connectivity index (χ3v) is 3.71. The number of hydrogen-bond donors (Lipinski definition) is 2. The maximum atomic E-state index is 12.2. The highest BCUT2D eigenvalue weighted by Crippen LogP contribution is 2.45. The van der Waals surface area contributed by atoms with Crippen LogP contribution in [0.5, 0.6) is 0 Å². The van der Waals surface area contributed by atoms with E-state index in [1.54, 1.807) is 26.8 Å². The summed E-state index contributed by atoms with van der Waals surface area (Å²) in [6.45, 7) is 12.1. The quantitative estimate of drug-likeness (QED) is 0.191. The molecule has 7 heteroatoms. The van der Waals surface area contributed by atoms with Crippen LogP contribution in [-0.4, -0.2) is 20.0 Å². The van der Waals surface area contributed by atoms with Gasteiger partial charge in [0.2, 0.25) is 0 Å². The molecule has 0 rings (SSSR count). The number of halogens is 2. The molecule has 0 spiro atoms. The van der Waals surface area contributed by atoms with Gasteiger partial charge in [0.05, 0.1) is 0 Å². The second-order valence-electron chi connectivity index (χ2n) is 5.12. The third-order valence-electron chi connectivity index (χ3n) is 2.21. The van der Waals surface area contributed by atoms with E-state index in [0.29, 0.717) is 0 Å². The van der Waals surface area contributed by atoms with Crippen molar-refractivity contribution < 1.29 is 9.53 Å². The first kappa shape index (κ1) is 20.5. The Hall–Kier alpha value is -0.540. The molecule has 0 aliphatic carbocycles. The van der Waals surface area contributed by atoms with Crippen LogP contribution in [-0.2, 0) is 9.53 Å². The molecule has 0 bridgehead atoms. The molecule has 3 nitrogen and oxygen atoms in total. The van der Waals surface area contributed by atoms with Crippen molar-refractivity contribution in [1.29, 1.82) is 5.26 Å². The summed E-state index contributed by atoms with van der Waals surface area (Å²) in [6, 6.07) is 1.75. The summed E-state index contributed by atoms with van der Waals surface area (Å²) in [6.07, 6.45) is 2.46. The van der Waals surface area contributed by atoms with Crippen LogP contribution in [0.2, 0.25) is 0 Å². The summed E-state index contributed by atoms with van der Waals surface area (Å²) in [5.74, 6) is -0.873. The van der Waals surface area contributed by atoms with Crippen molar-refractivity contribution >= 4 is 54.4 Å². The van der Waals surface area contributed by atoms with Crippen LogP contribution in [0.25, 0.3) is 0 Å². The van der Waals surface area contributed by atoms with Gasteiger partial charge in [0.15, 0.2) is 0 Å². The first-order valence-corrected chi connectivity index (χ1v) is 7.46. The topological polar surface area (TPSA) is 50.1 Å². The SMILES string of the molecule is C=CC(S)(Cl)C(=C(C#N)C(=O)OC(C)(C)C)C(S)(Cl)C=C. The first-order chi connectivity index (χ1) is 9.32. The Morgan fingerprint density at radius 1 is 1.19 bits per heavy atom. The number of ether oxygens (including phenoxy) is 1. The van der Waals surface area contributed by atoms with Crippen LogP contribution in [0.4, 0.5) is 0 Å². The van der Waals surface area contributed by atoms with E-state index in [1.807, 2.05) is 0 Å². The largest absolute Gasteiger partial charge is 0.456 e. The summed E-state index contributed by atoms with van der Waals surface area (Å²) < 4.78 is 2.04. The second kappa shape index (κ2) is 7.15. The highest BCUT2D eigenvalue weighted by molar-refractivity contribution is 7.85.